The van der Waals surface area contributed by atoms with Gasteiger partial charge >= 0.3 is 0 Å². The lowest BCUT2D eigenvalue weighted by molar-refractivity contribution is 0.0863. The number of hydrogen-bond acceptors (Lipinski definition) is 2. The summed E-state index contributed by atoms with van der Waals surface area (Å²) in [7, 11) is -2.92. The van der Waals surface area contributed by atoms with Crippen molar-refractivity contribution in [1.82, 2.24) is 0 Å². The number of anilines is 4. The van der Waals surface area contributed by atoms with Gasteiger partial charge in [0.25, 0.3) is 0 Å². The van der Waals surface area contributed by atoms with Gasteiger partial charge in [0.1, 0.15) is 0 Å². The number of benzene rings is 9. The van der Waals surface area contributed by atoms with E-state index in [-0.39, 0.29) is 21.9 Å². The molecule has 4 atom stereocenters. The number of fused-ring (bicyclic) bond motifs is 9. The second-order valence-corrected chi connectivity index (χ2v) is 38.7. The molecule has 408 valence electrons. The third-order valence-corrected chi connectivity index (χ3v) is 26.0. The zero-order valence-electron chi connectivity index (χ0n) is 49.9. The molecule has 3 aliphatic carbocycles. The Bertz CT molecular complexity index is 3880. The fraction of sp³-hybridized carbons (Fsp3) is 0.325. The van der Waals surface area contributed by atoms with E-state index in [2.05, 4.69) is 271 Å². The van der Waals surface area contributed by atoms with Gasteiger partial charge in [-0.2, -0.15) is 0 Å². The molecule has 2 heterocycles. The van der Waals surface area contributed by atoms with Crippen molar-refractivity contribution in [2.75, 3.05) is 9.80 Å². The van der Waals surface area contributed by atoms with Crippen LogP contribution < -0.4 is 20.2 Å². The molecule has 2 saturated carbocycles. The molecule has 0 amide bonds. The fourth-order valence-corrected chi connectivity index (χ4v) is 19.2. The van der Waals surface area contributed by atoms with Gasteiger partial charge in [0.2, 0.25) is 0 Å². The number of rotatable bonds is 8. The minimum Gasteiger partial charge on any atom is -0.335 e. The van der Waals surface area contributed by atoms with Crippen LogP contribution in [0.4, 0.5) is 22.7 Å². The maximum absolute atomic E-state index is 2.78. The Kier molecular flexibility index (Phi) is 12.1. The van der Waals surface area contributed by atoms with Crippen molar-refractivity contribution in [3.63, 3.8) is 0 Å². The Morgan fingerprint density at radius 3 is 1.31 bits per heavy atom. The Balaban J connectivity index is 0.949. The summed E-state index contributed by atoms with van der Waals surface area (Å²) in [6.07, 6.45) is 12.2. The zero-order valence-corrected chi connectivity index (χ0v) is 51.9. The number of nitrogens with zero attached hydrogens (tertiary/aromatic N) is 2. The van der Waals surface area contributed by atoms with Gasteiger partial charge in [0.15, 0.2) is 0 Å². The highest BCUT2D eigenvalue weighted by molar-refractivity contribution is 6.89. The van der Waals surface area contributed by atoms with Crippen LogP contribution in [0.5, 0.6) is 0 Å². The molecular formula is C77H82N2Si2. The average Bonchev–Trinajstić information content (AvgIpc) is 2.25. The lowest BCUT2D eigenvalue weighted by Gasteiger charge is -2.60. The lowest BCUT2D eigenvalue weighted by Crippen LogP contribution is -2.60. The van der Waals surface area contributed by atoms with E-state index in [0.29, 0.717) is 0 Å². The van der Waals surface area contributed by atoms with Crippen molar-refractivity contribution in [3.05, 3.63) is 228 Å². The first kappa shape index (κ1) is 52.4. The van der Waals surface area contributed by atoms with Crippen LogP contribution in [0.25, 0.3) is 44.2 Å². The van der Waals surface area contributed by atoms with Gasteiger partial charge in [-0.25, -0.2) is 0 Å². The van der Waals surface area contributed by atoms with Gasteiger partial charge in [-0.3, -0.25) is 0 Å². The highest BCUT2D eigenvalue weighted by Crippen LogP contribution is 2.63. The van der Waals surface area contributed by atoms with Gasteiger partial charge in [-0.1, -0.05) is 223 Å². The molecule has 2 nitrogen and oxygen atoms in total. The van der Waals surface area contributed by atoms with Crippen molar-refractivity contribution in [2.24, 2.45) is 10.8 Å². The van der Waals surface area contributed by atoms with E-state index < -0.39 is 21.6 Å². The standard InChI is InChI=1S/C77H82N2Si2/c1-73-43-19-21-45-75(73,3)78(60-32-36-62(37-33-60)80(5,6)7)70-41-30-53(47-56(70)51-73)54-29-40-66-68(49-54)77(58-23-13-11-14-24-58,59-25-15-12-16-26-59)69-50-67(64-27-17-18-28-65(64)72(66)69)55-31-42-71-57(48-55)52-74(2)44-20-22-46-76(74,4)79(71)61-34-38-63(39-35-61)81(8,9)10/h11-18,23-42,47-50H,19-22,43-46,51-52H2,1-10H3. The molecule has 0 spiro atoms. The molecule has 0 saturated heterocycles. The van der Waals surface area contributed by atoms with Crippen LogP contribution in [0.15, 0.2) is 194 Å². The van der Waals surface area contributed by atoms with Gasteiger partial charge in [-0.05, 0) is 201 Å². The molecule has 9 aromatic carbocycles. The fourth-order valence-electron chi connectivity index (χ4n) is 16.9. The Labute approximate surface area is 486 Å². The van der Waals surface area contributed by atoms with Gasteiger partial charge in [0, 0.05) is 33.8 Å². The van der Waals surface area contributed by atoms with Crippen molar-refractivity contribution in [1.29, 1.82) is 0 Å². The molecule has 0 radical (unpaired) electrons. The summed E-state index contributed by atoms with van der Waals surface area (Å²) in [6.45, 7) is 25.1. The van der Waals surface area contributed by atoms with Gasteiger partial charge < -0.3 is 9.80 Å². The maximum atomic E-state index is 2.78. The molecule has 81 heavy (non-hydrogen) atoms. The Morgan fingerprint density at radius 1 is 0.370 bits per heavy atom. The van der Waals surface area contributed by atoms with Crippen molar-refractivity contribution in [3.8, 4) is 33.4 Å². The Morgan fingerprint density at radius 2 is 0.802 bits per heavy atom. The topological polar surface area (TPSA) is 6.48 Å². The van der Waals surface area contributed by atoms with Crippen LogP contribution in [-0.4, -0.2) is 27.2 Å². The van der Waals surface area contributed by atoms with Crippen molar-refractivity contribution < 1.29 is 0 Å². The van der Waals surface area contributed by atoms with Crippen LogP contribution in [0, 0.1) is 10.8 Å². The first-order chi connectivity index (χ1) is 38.8. The minimum atomic E-state index is -1.46. The summed E-state index contributed by atoms with van der Waals surface area (Å²) in [5, 5.41) is 5.66. The monoisotopic (exact) mass is 1090 g/mol. The average molecular weight is 1090 g/mol. The van der Waals surface area contributed by atoms with Crippen LogP contribution >= 0.6 is 0 Å². The molecule has 2 aliphatic heterocycles. The molecule has 2 fully saturated rings. The van der Waals surface area contributed by atoms with Crippen molar-refractivity contribution in [2.45, 2.75) is 148 Å². The predicted octanol–water partition coefficient (Wildman–Crippen LogP) is 19.7. The van der Waals surface area contributed by atoms with E-state index in [1.165, 1.54) is 162 Å². The van der Waals surface area contributed by atoms with Crippen LogP contribution in [0.3, 0.4) is 0 Å². The van der Waals surface area contributed by atoms with E-state index in [1.807, 2.05) is 0 Å². The molecular weight excluding hydrogens is 1010 g/mol. The second-order valence-electron chi connectivity index (χ2n) is 28.5. The van der Waals surface area contributed by atoms with E-state index in [1.54, 1.807) is 0 Å². The SMILES string of the molecule is CC12CCCCC1(C)N(c1ccc([Si](C)(C)C)cc1)c1ccc(-c3ccc4c(c3)C(c3ccccc3)(c3ccccc3)c3cc(-c5ccc6c(c5)CC5(C)CCCCC5(C)N6c5ccc([Si](C)(C)C)cc5)c5ccccc5c3-4)cc1C2. The summed E-state index contributed by atoms with van der Waals surface area (Å²) < 4.78 is 0. The molecule has 0 bridgehead atoms. The van der Waals surface area contributed by atoms with E-state index >= 15 is 0 Å². The quantitative estimate of drug-likeness (QED) is 0.140. The first-order valence-corrected chi connectivity index (χ1v) is 37.8. The first-order valence-electron chi connectivity index (χ1n) is 30.8. The highest BCUT2D eigenvalue weighted by atomic mass is 28.3. The van der Waals surface area contributed by atoms with Crippen LogP contribution in [-0.2, 0) is 18.3 Å². The lowest BCUT2D eigenvalue weighted by atomic mass is 9.57. The molecule has 0 N–H and O–H groups in total. The summed E-state index contributed by atoms with van der Waals surface area (Å²) in [4.78, 5) is 5.56. The van der Waals surface area contributed by atoms with Gasteiger partial charge in [0.05, 0.1) is 21.6 Å². The number of hydrogen-bond donors (Lipinski definition) is 0. The van der Waals surface area contributed by atoms with Crippen molar-refractivity contribution >= 4 is 60.0 Å². The summed E-state index contributed by atoms with van der Waals surface area (Å²) in [5.41, 5.74) is 21.3. The smallest absolute Gasteiger partial charge is 0.0775 e. The summed E-state index contributed by atoms with van der Waals surface area (Å²) in [6, 6.07) is 77.1. The van der Waals surface area contributed by atoms with Gasteiger partial charge in [-0.15, -0.1) is 0 Å². The third kappa shape index (κ3) is 7.88. The summed E-state index contributed by atoms with van der Waals surface area (Å²) in [5.74, 6) is 0. The Hall–Kier alpha value is -6.73. The second kappa shape index (κ2) is 18.6. The third-order valence-electron chi connectivity index (χ3n) is 21.9. The molecule has 0 aromatic heterocycles. The molecule has 9 aromatic rings. The van der Waals surface area contributed by atoms with E-state index in [0.717, 1.165) is 12.8 Å². The highest BCUT2D eigenvalue weighted by Gasteiger charge is 2.56. The zero-order chi connectivity index (χ0) is 55.9. The molecule has 4 heteroatoms. The maximum Gasteiger partial charge on any atom is 0.0775 e. The normalized spacial score (nSPS) is 23.7. The van der Waals surface area contributed by atoms with Crippen LogP contribution in [0.2, 0.25) is 39.3 Å². The molecule has 14 rings (SSSR count). The van der Waals surface area contributed by atoms with Crippen LogP contribution in [0.1, 0.15) is 112 Å². The predicted molar refractivity (Wildman–Crippen MR) is 353 cm³/mol. The largest absolute Gasteiger partial charge is 0.335 e. The van der Waals surface area contributed by atoms with E-state index in [4.69, 9.17) is 0 Å². The van der Waals surface area contributed by atoms with E-state index in [9.17, 15) is 0 Å². The molecule has 5 aliphatic rings. The minimum absolute atomic E-state index is 0.0185. The summed E-state index contributed by atoms with van der Waals surface area (Å²) >= 11 is 0. The molecule has 4 unspecified atom stereocenters.